The molecule has 2 N–H and O–H groups in total. The molecule has 0 amide bonds. The van der Waals surface area contributed by atoms with E-state index in [2.05, 4.69) is 11.0 Å². The van der Waals surface area contributed by atoms with Crippen LogP contribution in [0.1, 0.15) is 17.7 Å². The van der Waals surface area contributed by atoms with Crippen LogP contribution in [0.3, 0.4) is 0 Å². The van der Waals surface area contributed by atoms with Crippen LogP contribution in [0.2, 0.25) is 0 Å². The van der Waals surface area contributed by atoms with E-state index < -0.39 is 0 Å². The van der Waals surface area contributed by atoms with Gasteiger partial charge in [0.1, 0.15) is 11.5 Å². The third kappa shape index (κ3) is 2.58. The third-order valence-electron chi connectivity index (χ3n) is 3.33. The highest BCUT2D eigenvalue weighted by Gasteiger charge is 2.17. The Balaban J connectivity index is 1.83. The SMILES string of the molecule is NCc1coc(CN2CCCOc3ccccc32)c1. The Morgan fingerprint density at radius 2 is 2.16 bits per heavy atom. The quantitative estimate of drug-likeness (QED) is 0.919. The Hall–Kier alpha value is -1.94. The molecule has 0 atom stereocenters. The van der Waals surface area contributed by atoms with Crippen molar-refractivity contribution in [1.29, 1.82) is 0 Å². The van der Waals surface area contributed by atoms with Gasteiger partial charge >= 0.3 is 0 Å². The maximum Gasteiger partial charge on any atom is 0.142 e. The molecule has 3 rings (SSSR count). The molecule has 0 aliphatic carbocycles. The van der Waals surface area contributed by atoms with E-state index in [-0.39, 0.29) is 0 Å². The topological polar surface area (TPSA) is 51.6 Å². The van der Waals surface area contributed by atoms with Crippen LogP contribution in [0.5, 0.6) is 5.75 Å². The molecule has 0 spiro atoms. The van der Waals surface area contributed by atoms with Crippen molar-refractivity contribution in [2.24, 2.45) is 5.73 Å². The smallest absolute Gasteiger partial charge is 0.142 e. The molecule has 2 heterocycles. The Kier molecular flexibility index (Phi) is 3.42. The van der Waals surface area contributed by atoms with Gasteiger partial charge in [0.2, 0.25) is 0 Å². The van der Waals surface area contributed by atoms with Gasteiger partial charge in [-0.3, -0.25) is 0 Å². The van der Waals surface area contributed by atoms with E-state index in [4.69, 9.17) is 14.9 Å². The second-order valence-corrected chi connectivity index (χ2v) is 4.72. The summed E-state index contributed by atoms with van der Waals surface area (Å²) < 4.78 is 11.3. The summed E-state index contributed by atoms with van der Waals surface area (Å²) in [6, 6.07) is 10.2. The Morgan fingerprint density at radius 1 is 1.26 bits per heavy atom. The minimum atomic E-state index is 0.517. The fourth-order valence-corrected chi connectivity index (χ4v) is 2.37. The molecule has 1 aliphatic heterocycles. The molecule has 0 unspecified atom stereocenters. The third-order valence-corrected chi connectivity index (χ3v) is 3.33. The summed E-state index contributed by atoms with van der Waals surface area (Å²) in [6.07, 6.45) is 2.74. The van der Waals surface area contributed by atoms with E-state index in [1.165, 1.54) is 0 Å². The summed E-state index contributed by atoms with van der Waals surface area (Å²) in [5.74, 6) is 1.89. The van der Waals surface area contributed by atoms with Crippen molar-refractivity contribution in [3.63, 3.8) is 0 Å². The Morgan fingerprint density at radius 3 is 3.00 bits per heavy atom. The first-order chi connectivity index (χ1) is 9.36. The maximum atomic E-state index is 5.75. The monoisotopic (exact) mass is 258 g/mol. The van der Waals surface area contributed by atoms with Crippen molar-refractivity contribution in [3.8, 4) is 5.75 Å². The molecule has 19 heavy (non-hydrogen) atoms. The number of nitrogens with two attached hydrogens (primary N) is 1. The summed E-state index contributed by atoms with van der Waals surface area (Å²) in [6.45, 7) is 3.00. The molecule has 1 aliphatic rings. The maximum absolute atomic E-state index is 5.75. The lowest BCUT2D eigenvalue weighted by atomic mass is 10.2. The first-order valence-corrected chi connectivity index (χ1v) is 6.60. The van der Waals surface area contributed by atoms with Gasteiger partial charge in [0.25, 0.3) is 0 Å². The van der Waals surface area contributed by atoms with Crippen molar-refractivity contribution in [1.82, 2.24) is 0 Å². The van der Waals surface area contributed by atoms with E-state index in [0.29, 0.717) is 6.54 Å². The van der Waals surface area contributed by atoms with Crippen molar-refractivity contribution in [2.45, 2.75) is 19.5 Å². The minimum Gasteiger partial charge on any atom is -0.491 e. The van der Waals surface area contributed by atoms with Gasteiger partial charge in [0, 0.05) is 18.7 Å². The molecule has 1 aromatic heterocycles. The molecule has 0 bridgehead atoms. The van der Waals surface area contributed by atoms with Gasteiger partial charge in [-0.1, -0.05) is 12.1 Å². The standard InChI is InChI=1S/C15H18N2O2/c16-9-12-8-13(19-11-12)10-17-6-3-7-18-15-5-2-1-4-14(15)17/h1-2,4-5,8,11H,3,6-7,9-10,16H2. The predicted octanol–water partition coefficient (Wildman–Crippen LogP) is 2.53. The Labute approximate surface area is 112 Å². The first-order valence-electron chi connectivity index (χ1n) is 6.60. The average Bonchev–Trinajstić information content (AvgIpc) is 2.80. The summed E-state index contributed by atoms with van der Waals surface area (Å²) >= 11 is 0. The van der Waals surface area contributed by atoms with Crippen LogP contribution in [0.4, 0.5) is 5.69 Å². The second kappa shape index (κ2) is 5.36. The van der Waals surface area contributed by atoms with E-state index in [1.54, 1.807) is 6.26 Å². The zero-order valence-corrected chi connectivity index (χ0v) is 10.8. The fraction of sp³-hybridized carbons (Fsp3) is 0.333. The normalized spacial score (nSPS) is 14.7. The van der Waals surface area contributed by atoms with Gasteiger partial charge in [0.15, 0.2) is 0 Å². The molecular weight excluding hydrogens is 240 g/mol. The van der Waals surface area contributed by atoms with Gasteiger partial charge in [-0.25, -0.2) is 0 Å². The van der Waals surface area contributed by atoms with Crippen LogP contribution < -0.4 is 15.4 Å². The Bertz CT molecular complexity index is 551. The van der Waals surface area contributed by atoms with Crippen molar-refractivity contribution in [3.05, 3.63) is 47.9 Å². The highest BCUT2D eigenvalue weighted by Crippen LogP contribution is 2.31. The highest BCUT2D eigenvalue weighted by molar-refractivity contribution is 5.59. The van der Waals surface area contributed by atoms with Gasteiger partial charge in [-0.2, -0.15) is 0 Å². The number of rotatable bonds is 3. The number of benzene rings is 1. The molecule has 4 nitrogen and oxygen atoms in total. The van der Waals surface area contributed by atoms with Gasteiger partial charge in [-0.15, -0.1) is 0 Å². The van der Waals surface area contributed by atoms with E-state index >= 15 is 0 Å². The average molecular weight is 258 g/mol. The largest absolute Gasteiger partial charge is 0.491 e. The van der Waals surface area contributed by atoms with Crippen LogP contribution in [0, 0.1) is 0 Å². The zero-order chi connectivity index (χ0) is 13.1. The minimum absolute atomic E-state index is 0.517. The van der Waals surface area contributed by atoms with Crippen LogP contribution in [0.15, 0.2) is 41.0 Å². The number of anilines is 1. The molecule has 1 aromatic carbocycles. The first kappa shape index (κ1) is 12.1. The second-order valence-electron chi connectivity index (χ2n) is 4.72. The molecule has 0 saturated heterocycles. The molecular formula is C15H18N2O2. The van der Waals surface area contributed by atoms with Crippen LogP contribution in [0.25, 0.3) is 0 Å². The van der Waals surface area contributed by atoms with Gasteiger partial charge < -0.3 is 19.8 Å². The summed E-state index contributed by atoms with van der Waals surface area (Å²) in [7, 11) is 0. The number of hydrogen-bond acceptors (Lipinski definition) is 4. The van der Waals surface area contributed by atoms with Crippen LogP contribution in [-0.4, -0.2) is 13.2 Å². The van der Waals surface area contributed by atoms with Crippen molar-refractivity contribution < 1.29 is 9.15 Å². The van der Waals surface area contributed by atoms with Gasteiger partial charge in [-0.05, 0) is 24.6 Å². The highest BCUT2D eigenvalue weighted by atomic mass is 16.5. The summed E-state index contributed by atoms with van der Waals surface area (Å²) in [4.78, 5) is 2.29. The molecule has 2 aromatic rings. The fourth-order valence-electron chi connectivity index (χ4n) is 2.37. The molecule has 4 heteroatoms. The van der Waals surface area contributed by atoms with Crippen molar-refractivity contribution >= 4 is 5.69 Å². The molecule has 0 saturated carbocycles. The number of hydrogen-bond donors (Lipinski definition) is 1. The van der Waals surface area contributed by atoms with E-state index in [1.807, 2.05) is 24.3 Å². The lowest BCUT2D eigenvalue weighted by Gasteiger charge is -2.22. The molecule has 0 radical (unpaired) electrons. The summed E-state index contributed by atoms with van der Waals surface area (Å²) in [5, 5.41) is 0. The van der Waals surface area contributed by atoms with Gasteiger partial charge in [0.05, 0.1) is 25.1 Å². The summed E-state index contributed by atoms with van der Waals surface area (Å²) in [5.41, 5.74) is 7.77. The number of nitrogens with zero attached hydrogens (tertiary/aromatic N) is 1. The number of furan rings is 1. The molecule has 0 fully saturated rings. The lowest BCUT2D eigenvalue weighted by molar-refractivity contribution is 0.322. The predicted molar refractivity (Wildman–Crippen MR) is 74.2 cm³/mol. The van der Waals surface area contributed by atoms with Crippen LogP contribution in [-0.2, 0) is 13.1 Å². The van der Waals surface area contributed by atoms with Crippen molar-refractivity contribution in [2.75, 3.05) is 18.1 Å². The number of para-hydroxylation sites is 2. The molecule has 100 valence electrons. The lowest BCUT2D eigenvalue weighted by Crippen LogP contribution is -2.22. The number of ether oxygens (including phenoxy) is 1. The van der Waals surface area contributed by atoms with E-state index in [9.17, 15) is 0 Å². The van der Waals surface area contributed by atoms with E-state index in [0.717, 1.165) is 48.9 Å². The zero-order valence-electron chi connectivity index (χ0n) is 10.8. The van der Waals surface area contributed by atoms with Crippen LogP contribution >= 0.6 is 0 Å². The number of fused-ring (bicyclic) bond motifs is 1.